The number of aromatic amines is 1. The predicted molar refractivity (Wildman–Crippen MR) is 62.2 cm³/mol. The topological polar surface area (TPSA) is 95.3 Å². The molecule has 3 N–H and O–H groups in total. The van der Waals surface area contributed by atoms with Gasteiger partial charge in [0.15, 0.2) is 0 Å². The van der Waals surface area contributed by atoms with E-state index in [1.54, 1.807) is 0 Å². The summed E-state index contributed by atoms with van der Waals surface area (Å²) in [7, 11) is 0. The van der Waals surface area contributed by atoms with Crippen LogP contribution in [0.4, 0.5) is 0 Å². The van der Waals surface area contributed by atoms with Gasteiger partial charge in [0.1, 0.15) is 5.75 Å². The molecule has 6 heteroatoms. The van der Waals surface area contributed by atoms with Gasteiger partial charge in [-0.15, -0.1) is 0 Å². The highest BCUT2D eigenvalue weighted by Gasteiger charge is 2.11. The molecule has 0 fully saturated rings. The second kappa shape index (κ2) is 4.06. The second-order valence-electron chi connectivity index (χ2n) is 3.89. The Hall–Kier alpha value is -2.08. The number of aromatic hydroxyl groups is 1. The largest absolute Gasteiger partial charge is 0.506 e. The van der Waals surface area contributed by atoms with Gasteiger partial charge < -0.3 is 15.2 Å². The average molecular weight is 236 g/mol. The van der Waals surface area contributed by atoms with Crippen LogP contribution in [-0.4, -0.2) is 25.9 Å². The Kier molecular flexibility index (Phi) is 2.72. The highest BCUT2D eigenvalue weighted by atomic mass is 16.3. The minimum Gasteiger partial charge on any atom is -0.506 e. The highest BCUT2D eigenvalue weighted by molar-refractivity contribution is 5.82. The molecule has 0 amide bonds. The Morgan fingerprint density at radius 1 is 1.41 bits per heavy atom. The number of hydrogen-bond donors (Lipinski definition) is 3. The summed E-state index contributed by atoms with van der Waals surface area (Å²) in [4.78, 5) is 26.0. The third-order valence-electron chi connectivity index (χ3n) is 2.44. The van der Waals surface area contributed by atoms with E-state index in [1.807, 2.05) is 0 Å². The summed E-state index contributed by atoms with van der Waals surface area (Å²) in [5.74, 6) is -0.152. The number of aliphatic hydroxyl groups is 1. The van der Waals surface area contributed by atoms with E-state index in [0.29, 0.717) is 0 Å². The first-order valence-electron chi connectivity index (χ1n) is 5.13. The van der Waals surface area contributed by atoms with Crippen LogP contribution in [0.1, 0.15) is 6.92 Å². The van der Waals surface area contributed by atoms with Crippen molar-refractivity contribution in [2.75, 3.05) is 0 Å². The lowest BCUT2D eigenvalue weighted by Crippen LogP contribution is -2.37. The summed E-state index contributed by atoms with van der Waals surface area (Å²) >= 11 is 0. The van der Waals surface area contributed by atoms with Gasteiger partial charge in [-0.2, -0.15) is 0 Å². The maximum atomic E-state index is 12.0. The molecule has 0 bridgehead atoms. The zero-order valence-corrected chi connectivity index (χ0v) is 9.17. The number of fused-ring (bicyclic) bond motifs is 1. The Morgan fingerprint density at radius 3 is 2.76 bits per heavy atom. The van der Waals surface area contributed by atoms with Crippen LogP contribution in [0.15, 0.2) is 27.8 Å². The van der Waals surface area contributed by atoms with Crippen molar-refractivity contribution < 1.29 is 10.2 Å². The molecule has 1 aromatic carbocycles. The molecule has 2 aromatic rings. The molecule has 0 saturated carbocycles. The molecule has 0 saturated heterocycles. The molecule has 1 unspecified atom stereocenters. The number of phenolic OH excluding ortho intramolecular Hbond substituents is 1. The Labute approximate surface area is 95.8 Å². The summed E-state index contributed by atoms with van der Waals surface area (Å²) in [5, 5.41) is 19.0. The van der Waals surface area contributed by atoms with Crippen molar-refractivity contribution in [3.63, 3.8) is 0 Å². The summed E-state index contributed by atoms with van der Waals surface area (Å²) in [6.45, 7) is 1.40. The van der Waals surface area contributed by atoms with E-state index < -0.39 is 17.4 Å². The van der Waals surface area contributed by atoms with Crippen molar-refractivity contribution in [1.29, 1.82) is 0 Å². The SMILES string of the molecule is CC(O)Cn1c(=O)[nH]c2c(O)cccc2c1=O. The molecule has 0 aliphatic carbocycles. The standard InChI is InChI=1S/C11H12N2O4/c1-6(14)5-13-10(16)7-3-2-4-8(15)9(7)12-11(13)17/h2-4,6,14-15H,5H2,1H3,(H,12,17). The number of benzene rings is 1. The van der Waals surface area contributed by atoms with E-state index >= 15 is 0 Å². The highest BCUT2D eigenvalue weighted by Crippen LogP contribution is 2.17. The number of para-hydroxylation sites is 1. The smallest absolute Gasteiger partial charge is 0.329 e. The fourth-order valence-electron chi connectivity index (χ4n) is 1.69. The molecule has 0 aliphatic rings. The van der Waals surface area contributed by atoms with Gasteiger partial charge in [0.05, 0.1) is 23.6 Å². The molecule has 6 nitrogen and oxygen atoms in total. The first-order valence-corrected chi connectivity index (χ1v) is 5.13. The van der Waals surface area contributed by atoms with Crippen molar-refractivity contribution in [1.82, 2.24) is 9.55 Å². The van der Waals surface area contributed by atoms with E-state index in [1.165, 1.54) is 25.1 Å². The number of nitrogens with one attached hydrogen (secondary N) is 1. The fourth-order valence-corrected chi connectivity index (χ4v) is 1.69. The van der Waals surface area contributed by atoms with Crippen molar-refractivity contribution in [3.05, 3.63) is 39.0 Å². The average Bonchev–Trinajstić information content (AvgIpc) is 2.26. The molecular formula is C11H12N2O4. The van der Waals surface area contributed by atoms with Gasteiger partial charge in [0.25, 0.3) is 5.56 Å². The summed E-state index contributed by atoms with van der Waals surface area (Å²) in [6, 6.07) is 4.41. The third-order valence-corrected chi connectivity index (χ3v) is 2.44. The lowest BCUT2D eigenvalue weighted by Gasteiger charge is -2.08. The van der Waals surface area contributed by atoms with E-state index in [2.05, 4.69) is 4.98 Å². The maximum Gasteiger partial charge on any atom is 0.329 e. The zero-order chi connectivity index (χ0) is 12.6. The van der Waals surface area contributed by atoms with Crippen molar-refractivity contribution in [2.24, 2.45) is 0 Å². The predicted octanol–water partition coefficient (Wildman–Crippen LogP) is -0.224. The Morgan fingerprint density at radius 2 is 2.12 bits per heavy atom. The number of aromatic nitrogens is 2. The second-order valence-corrected chi connectivity index (χ2v) is 3.89. The van der Waals surface area contributed by atoms with Gasteiger partial charge in [-0.25, -0.2) is 4.79 Å². The normalized spacial score (nSPS) is 12.8. The van der Waals surface area contributed by atoms with Gasteiger partial charge in [0, 0.05) is 0 Å². The molecular weight excluding hydrogens is 224 g/mol. The zero-order valence-electron chi connectivity index (χ0n) is 9.17. The number of hydrogen-bond acceptors (Lipinski definition) is 4. The number of H-pyrrole nitrogens is 1. The Balaban J connectivity index is 2.82. The van der Waals surface area contributed by atoms with Crippen LogP contribution in [0.3, 0.4) is 0 Å². The van der Waals surface area contributed by atoms with Crippen molar-refractivity contribution in [3.8, 4) is 5.75 Å². The maximum absolute atomic E-state index is 12.0. The van der Waals surface area contributed by atoms with Crippen LogP contribution in [0.5, 0.6) is 5.75 Å². The van der Waals surface area contributed by atoms with Crippen LogP contribution in [0, 0.1) is 0 Å². The monoisotopic (exact) mass is 236 g/mol. The molecule has 1 aromatic heterocycles. The molecule has 1 atom stereocenters. The van der Waals surface area contributed by atoms with Crippen LogP contribution in [0.2, 0.25) is 0 Å². The number of aliphatic hydroxyl groups excluding tert-OH is 1. The van der Waals surface area contributed by atoms with Gasteiger partial charge >= 0.3 is 5.69 Å². The van der Waals surface area contributed by atoms with Crippen LogP contribution < -0.4 is 11.2 Å². The van der Waals surface area contributed by atoms with E-state index in [-0.39, 0.29) is 23.2 Å². The quantitative estimate of drug-likeness (QED) is 0.671. The van der Waals surface area contributed by atoms with Gasteiger partial charge in [-0.1, -0.05) is 6.07 Å². The first-order chi connectivity index (χ1) is 8.00. The summed E-state index contributed by atoms with van der Waals surface area (Å²) in [5.41, 5.74) is -1.06. The first kappa shape index (κ1) is 11.4. The van der Waals surface area contributed by atoms with Gasteiger partial charge in [-0.05, 0) is 19.1 Å². The molecule has 0 spiro atoms. The van der Waals surface area contributed by atoms with Crippen molar-refractivity contribution in [2.45, 2.75) is 19.6 Å². The van der Waals surface area contributed by atoms with Gasteiger partial charge in [-0.3, -0.25) is 9.36 Å². The molecule has 90 valence electrons. The fraction of sp³-hybridized carbons (Fsp3) is 0.273. The van der Waals surface area contributed by atoms with E-state index in [9.17, 15) is 19.8 Å². The van der Waals surface area contributed by atoms with Crippen LogP contribution >= 0.6 is 0 Å². The van der Waals surface area contributed by atoms with E-state index in [0.717, 1.165) is 4.57 Å². The van der Waals surface area contributed by atoms with Crippen LogP contribution in [-0.2, 0) is 6.54 Å². The summed E-state index contributed by atoms with van der Waals surface area (Å²) in [6.07, 6.45) is -0.802. The number of nitrogens with zero attached hydrogens (tertiary/aromatic N) is 1. The molecule has 0 aliphatic heterocycles. The minimum atomic E-state index is -0.802. The molecule has 0 radical (unpaired) electrons. The lowest BCUT2D eigenvalue weighted by atomic mass is 10.2. The lowest BCUT2D eigenvalue weighted by molar-refractivity contribution is 0.170. The Bertz CT molecular complexity index is 669. The van der Waals surface area contributed by atoms with Crippen LogP contribution in [0.25, 0.3) is 10.9 Å². The minimum absolute atomic E-state index is 0.0836. The molecule has 2 rings (SSSR count). The molecule has 17 heavy (non-hydrogen) atoms. The summed E-state index contributed by atoms with van der Waals surface area (Å²) < 4.78 is 0.909. The third kappa shape index (κ3) is 1.94. The number of phenols is 1. The van der Waals surface area contributed by atoms with Crippen molar-refractivity contribution >= 4 is 10.9 Å². The van der Waals surface area contributed by atoms with Gasteiger partial charge in [0.2, 0.25) is 0 Å². The number of rotatable bonds is 2. The molecule has 1 heterocycles. The van der Waals surface area contributed by atoms with E-state index in [4.69, 9.17) is 0 Å².